The van der Waals surface area contributed by atoms with Crippen LogP contribution in [0.5, 0.6) is 0 Å². The largest absolute Gasteiger partial charge is 0.333 e. The molecule has 3 amide bonds. The molecule has 2 heterocycles. The molecule has 134 valence electrons. The van der Waals surface area contributed by atoms with Gasteiger partial charge < -0.3 is 15.1 Å². The van der Waals surface area contributed by atoms with E-state index in [-0.39, 0.29) is 24.3 Å². The zero-order valence-corrected chi connectivity index (χ0v) is 14.4. The van der Waals surface area contributed by atoms with Crippen molar-refractivity contribution in [1.82, 2.24) is 9.80 Å². The number of anilines is 1. The molecule has 25 heavy (non-hydrogen) atoms. The van der Waals surface area contributed by atoms with E-state index < -0.39 is 6.04 Å². The first-order valence-corrected chi connectivity index (χ1v) is 9.08. The molecule has 1 atom stereocenters. The van der Waals surface area contributed by atoms with Crippen LogP contribution < -0.4 is 5.32 Å². The Kier molecular flexibility index (Phi) is 5.68. The normalized spacial score (nSPS) is 21.1. The molecule has 6 nitrogen and oxygen atoms in total. The summed E-state index contributed by atoms with van der Waals surface area (Å²) in [6.45, 7) is 1.31. The van der Waals surface area contributed by atoms with Crippen LogP contribution in [0, 0.1) is 0 Å². The number of hydrogen-bond donors (Lipinski definition) is 1. The van der Waals surface area contributed by atoms with Crippen LogP contribution in [-0.2, 0) is 14.4 Å². The number of carbonyl (C=O) groups is 3. The molecule has 0 saturated carbocycles. The van der Waals surface area contributed by atoms with Gasteiger partial charge in [-0.15, -0.1) is 0 Å². The minimum atomic E-state index is -0.449. The molecule has 0 radical (unpaired) electrons. The van der Waals surface area contributed by atoms with Crippen LogP contribution in [0.25, 0.3) is 0 Å². The summed E-state index contributed by atoms with van der Waals surface area (Å²) in [4.78, 5) is 40.6. The fourth-order valence-corrected chi connectivity index (χ4v) is 3.54. The molecular weight excluding hydrogens is 318 g/mol. The van der Waals surface area contributed by atoms with Crippen LogP contribution >= 0.6 is 0 Å². The first-order chi connectivity index (χ1) is 12.1. The molecule has 6 heteroatoms. The van der Waals surface area contributed by atoms with Gasteiger partial charge in [0.05, 0.1) is 6.54 Å². The fourth-order valence-electron chi connectivity index (χ4n) is 3.54. The second-order valence-corrected chi connectivity index (χ2v) is 6.73. The van der Waals surface area contributed by atoms with E-state index in [4.69, 9.17) is 0 Å². The summed E-state index contributed by atoms with van der Waals surface area (Å²) >= 11 is 0. The molecule has 0 aromatic heterocycles. The summed E-state index contributed by atoms with van der Waals surface area (Å²) in [5.41, 5.74) is 0.731. The number of benzene rings is 1. The highest BCUT2D eigenvalue weighted by atomic mass is 16.2. The summed E-state index contributed by atoms with van der Waals surface area (Å²) in [6.07, 6.45) is 4.87. The van der Waals surface area contributed by atoms with Gasteiger partial charge in [-0.3, -0.25) is 14.4 Å². The minimum Gasteiger partial charge on any atom is -0.333 e. The van der Waals surface area contributed by atoms with E-state index in [1.165, 1.54) is 0 Å². The van der Waals surface area contributed by atoms with Crippen LogP contribution in [0.4, 0.5) is 5.69 Å². The Morgan fingerprint density at radius 3 is 2.64 bits per heavy atom. The second-order valence-electron chi connectivity index (χ2n) is 6.73. The molecule has 1 aromatic carbocycles. The molecule has 2 aliphatic rings. The van der Waals surface area contributed by atoms with Crippen molar-refractivity contribution in [1.29, 1.82) is 0 Å². The number of para-hydroxylation sites is 1. The van der Waals surface area contributed by atoms with Crippen molar-refractivity contribution < 1.29 is 14.4 Å². The van der Waals surface area contributed by atoms with Crippen molar-refractivity contribution in [3.8, 4) is 0 Å². The highest BCUT2D eigenvalue weighted by Gasteiger charge is 2.35. The van der Waals surface area contributed by atoms with Gasteiger partial charge in [0.25, 0.3) is 0 Å². The van der Waals surface area contributed by atoms with Crippen molar-refractivity contribution in [2.75, 3.05) is 25.0 Å². The highest BCUT2D eigenvalue weighted by Crippen LogP contribution is 2.20. The third kappa shape index (κ3) is 4.38. The van der Waals surface area contributed by atoms with E-state index in [2.05, 4.69) is 5.32 Å². The molecule has 0 aliphatic carbocycles. The van der Waals surface area contributed by atoms with Gasteiger partial charge in [0.15, 0.2) is 0 Å². The Labute approximate surface area is 148 Å². The smallest absolute Gasteiger partial charge is 0.247 e. The van der Waals surface area contributed by atoms with Crippen LogP contribution in [0.3, 0.4) is 0 Å². The number of nitrogens with zero attached hydrogens (tertiary/aromatic N) is 2. The van der Waals surface area contributed by atoms with Crippen molar-refractivity contribution in [2.24, 2.45) is 0 Å². The van der Waals surface area contributed by atoms with Crippen LogP contribution in [0.2, 0.25) is 0 Å². The van der Waals surface area contributed by atoms with E-state index in [0.717, 1.165) is 31.4 Å². The van der Waals surface area contributed by atoms with E-state index in [0.29, 0.717) is 25.9 Å². The van der Waals surface area contributed by atoms with E-state index >= 15 is 0 Å². The average molecular weight is 343 g/mol. The maximum absolute atomic E-state index is 12.7. The van der Waals surface area contributed by atoms with Gasteiger partial charge in [0, 0.05) is 25.2 Å². The maximum Gasteiger partial charge on any atom is 0.247 e. The Balaban J connectivity index is 1.61. The molecule has 3 rings (SSSR count). The minimum absolute atomic E-state index is 0.0512. The lowest BCUT2D eigenvalue weighted by Gasteiger charge is -2.27. The Morgan fingerprint density at radius 1 is 1.04 bits per heavy atom. The Hall–Kier alpha value is -2.37. The molecular formula is C19H25N3O3. The lowest BCUT2D eigenvalue weighted by atomic mass is 10.2. The summed E-state index contributed by atoms with van der Waals surface area (Å²) in [6, 6.07) is 8.81. The van der Waals surface area contributed by atoms with Gasteiger partial charge in [0.2, 0.25) is 17.7 Å². The number of hydrogen-bond acceptors (Lipinski definition) is 3. The lowest BCUT2D eigenvalue weighted by Crippen LogP contribution is -2.48. The van der Waals surface area contributed by atoms with Gasteiger partial charge in [-0.25, -0.2) is 0 Å². The summed E-state index contributed by atoms with van der Waals surface area (Å²) in [5, 5.41) is 2.88. The average Bonchev–Trinajstić information content (AvgIpc) is 3.02. The van der Waals surface area contributed by atoms with Crippen LogP contribution in [0.15, 0.2) is 30.3 Å². The fraction of sp³-hybridized carbons (Fsp3) is 0.526. The third-order valence-electron chi connectivity index (χ3n) is 4.91. The van der Waals surface area contributed by atoms with Crippen LogP contribution in [0.1, 0.15) is 38.5 Å². The first-order valence-electron chi connectivity index (χ1n) is 9.08. The number of nitrogens with one attached hydrogen (secondary N) is 1. The van der Waals surface area contributed by atoms with Crippen molar-refractivity contribution >= 4 is 23.4 Å². The zero-order chi connectivity index (χ0) is 17.6. The molecule has 1 N–H and O–H groups in total. The molecule has 2 aliphatic heterocycles. The van der Waals surface area contributed by atoms with Gasteiger partial charge >= 0.3 is 0 Å². The first kappa shape index (κ1) is 17.5. The molecule has 0 bridgehead atoms. The van der Waals surface area contributed by atoms with Crippen LogP contribution in [-0.4, -0.2) is 53.2 Å². The quantitative estimate of drug-likeness (QED) is 0.909. The van der Waals surface area contributed by atoms with Gasteiger partial charge in [-0.2, -0.15) is 0 Å². The standard InChI is InChI=1S/C19H25N3O3/c23-17-11-5-2-6-12-21(17)14-18(24)22-13-7-10-16(22)19(25)20-15-8-3-1-4-9-15/h1,3-4,8-9,16H,2,5-7,10-14H2,(H,20,25)/t16-/m1/s1. The van der Waals surface area contributed by atoms with Crippen molar-refractivity contribution in [2.45, 2.75) is 44.6 Å². The number of carbonyl (C=O) groups excluding carboxylic acids is 3. The van der Waals surface area contributed by atoms with Crippen molar-refractivity contribution in [3.05, 3.63) is 30.3 Å². The second kappa shape index (κ2) is 8.14. The van der Waals surface area contributed by atoms with Crippen molar-refractivity contribution in [3.63, 3.8) is 0 Å². The molecule has 0 unspecified atom stereocenters. The number of amides is 3. The Bertz CT molecular complexity index is 632. The summed E-state index contributed by atoms with van der Waals surface area (Å²) in [5.74, 6) is -0.226. The molecule has 2 fully saturated rings. The predicted molar refractivity (Wildman–Crippen MR) is 94.9 cm³/mol. The summed E-state index contributed by atoms with van der Waals surface area (Å²) in [7, 11) is 0. The Morgan fingerprint density at radius 2 is 1.84 bits per heavy atom. The molecule has 2 saturated heterocycles. The van der Waals surface area contributed by atoms with E-state index in [1.54, 1.807) is 9.80 Å². The topological polar surface area (TPSA) is 69.7 Å². The monoisotopic (exact) mass is 343 g/mol. The zero-order valence-electron chi connectivity index (χ0n) is 14.4. The number of rotatable bonds is 4. The van der Waals surface area contributed by atoms with Gasteiger partial charge in [-0.1, -0.05) is 24.6 Å². The maximum atomic E-state index is 12.7. The lowest BCUT2D eigenvalue weighted by molar-refractivity contribution is -0.142. The SMILES string of the molecule is O=C(Nc1ccccc1)[C@H]1CCCN1C(=O)CN1CCCCCC1=O. The van der Waals surface area contributed by atoms with E-state index in [9.17, 15) is 14.4 Å². The van der Waals surface area contributed by atoms with E-state index in [1.807, 2.05) is 30.3 Å². The van der Waals surface area contributed by atoms with Gasteiger partial charge in [-0.05, 0) is 37.8 Å². The summed E-state index contributed by atoms with van der Waals surface area (Å²) < 4.78 is 0. The molecule has 1 aromatic rings. The number of likely N-dealkylation sites (tertiary alicyclic amines) is 2. The third-order valence-corrected chi connectivity index (χ3v) is 4.91. The highest BCUT2D eigenvalue weighted by molar-refractivity contribution is 5.98. The van der Waals surface area contributed by atoms with Gasteiger partial charge in [0.1, 0.15) is 6.04 Å². The molecule has 0 spiro atoms. The predicted octanol–water partition coefficient (Wildman–Crippen LogP) is 2.02.